The lowest BCUT2D eigenvalue weighted by molar-refractivity contribution is -0.133. The monoisotopic (exact) mass is 262 g/mol. The van der Waals surface area contributed by atoms with Crippen molar-refractivity contribution in [3.63, 3.8) is 0 Å². The fourth-order valence-corrected chi connectivity index (χ4v) is 5.37. The van der Waals surface area contributed by atoms with Crippen LogP contribution in [-0.2, 0) is 4.79 Å². The van der Waals surface area contributed by atoms with E-state index >= 15 is 0 Å². The molecule has 1 amide bonds. The van der Waals surface area contributed by atoms with Crippen molar-refractivity contribution in [1.29, 1.82) is 0 Å². The van der Waals surface area contributed by atoms with Gasteiger partial charge in [0.15, 0.2) is 0 Å². The van der Waals surface area contributed by atoms with Gasteiger partial charge in [-0.05, 0) is 69.9 Å². The van der Waals surface area contributed by atoms with E-state index in [0.29, 0.717) is 17.4 Å². The average molecular weight is 262 g/mol. The summed E-state index contributed by atoms with van der Waals surface area (Å²) in [6.45, 7) is 2.28. The molecule has 1 atom stereocenters. The van der Waals surface area contributed by atoms with Crippen molar-refractivity contribution in [2.45, 2.75) is 75.8 Å². The molecule has 0 aromatic carbocycles. The minimum Gasteiger partial charge on any atom is -0.351 e. The van der Waals surface area contributed by atoms with Crippen LogP contribution in [0.2, 0.25) is 0 Å². The summed E-state index contributed by atoms with van der Waals surface area (Å²) in [5.41, 5.74) is 0.406. The minimum absolute atomic E-state index is 0.102. The third kappa shape index (κ3) is 1.63. The van der Waals surface area contributed by atoms with Crippen LogP contribution >= 0.6 is 0 Å². The third-order valence-electron chi connectivity index (χ3n) is 6.64. The lowest BCUT2D eigenvalue weighted by Gasteiger charge is -2.49. The van der Waals surface area contributed by atoms with E-state index in [1.54, 1.807) is 0 Å². The summed E-state index contributed by atoms with van der Waals surface area (Å²) in [7, 11) is 0. The van der Waals surface area contributed by atoms with E-state index in [-0.39, 0.29) is 5.54 Å². The average Bonchev–Trinajstić information content (AvgIpc) is 3.07. The Morgan fingerprint density at radius 2 is 1.63 bits per heavy atom. The summed E-state index contributed by atoms with van der Waals surface area (Å²) in [4.78, 5) is 15.3. The minimum atomic E-state index is -0.102. The van der Waals surface area contributed by atoms with E-state index in [1.807, 2.05) is 0 Å². The molecule has 106 valence electrons. The Kier molecular flexibility index (Phi) is 2.70. The summed E-state index contributed by atoms with van der Waals surface area (Å²) < 4.78 is 0. The highest BCUT2D eigenvalue weighted by atomic mass is 16.2. The molecule has 3 nitrogen and oxygen atoms in total. The van der Waals surface area contributed by atoms with Gasteiger partial charge in [-0.15, -0.1) is 0 Å². The Labute approximate surface area is 116 Å². The second-order valence-electron chi connectivity index (χ2n) is 7.36. The Hall–Kier alpha value is -0.570. The van der Waals surface area contributed by atoms with Crippen molar-refractivity contribution >= 4 is 5.91 Å². The molecule has 3 heteroatoms. The van der Waals surface area contributed by atoms with Crippen molar-refractivity contribution in [3.8, 4) is 0 Å². The van der Waals surface area contributed by atoms with E-state index in [4.69, 9.17) is 0 Å². The van der Waals surface area contributed by atoms with Crippen molar-refractivity contribution in [2.24, 2.45) is 5.41 Å². The van der Waals surface area contributed by atoms with Crippen LogP contribution in [0.3, 0.4) is 0 Å². The molecule has 2 aliphatic carbocycles. The van der Waals surface area contributed by atoms with Crippen LogP contribution in [0.25, 0.3) is 0 Å². The number of nitrogens with zero attached hydrogens (tertiary/aromatic N) is 1. The zero-order valence-electron chi connectivity index (χ0n) is 11.9. The maximum Gasteiger partial charge on any atom is 0.240 e. The molecule has 19 heavy (non-hydrogen) atoms. The largest absolute Gasteiger partial charge is 0.351 e. The highest BCUT2D eigenvalue weighted by molar-refractivity contribution is 5.87. The molecule has 1 N–H and O–H groups in total. The summed E-state index contributed by atoms with van der Waals surface area (Å²) in [5.74, 6) is 0.374. The first kappa shape index (κ1) is 12.2. The Balaban J connectivity index is 1.47. The first-order valence-electron chi connectivity index (χ1n) is 8.31. The molecule has 4 fully saturated rings. The SMILES string of the molecule is O=C(NC1CCC12CCCC2)C12CCCN1CCC2. The van der Waals surface area contributed by atoms with Gasteiger partial charge in [0.25, 0.3) is 0 Å². The fourth-order valence-electron chi connectivity index (χ4n) is 5.37. The predicted molar refractivity (Wildman–Crippen MR) is 74.8 cm³/mol. The molecule has 2 saturated carbocycles. The normalized spacial score (nSPS) is 35.3. The molecule has 1 spiro atoms. The molecule has 2 saturated heterocycles. The van der Waals surface area contributed by atoms with Crippen LogP contribution in [0.5, 0.6) is 0 Å². The van der Waals surface area contributed by atoms with Gasteiger partial charge in [0.05, 0.1) is 0 Å². The van der Waals surface area contributed by atoms with Crippen LogP contribution in [0.4, 0.5) is 0 Å². The second-order valence-corrected chi connectivity index (χ2v) is 7.36. The topological polar surface area (TPSA) is 32.3 Å². The van der Waals surface area contributed by atoms with Gasteiger partial charge in [0.1, 0.15) is 5.54 Å². The Bertz CT molecular complexity index is 376. The number of fused-ring (bicyclic) bond motifs is 1. The molecule has 0 aromatic heterocycles. The van der Waals surface area contributed by atoms with E-state index in [1.165, 1.54) is 51.4 Å². The third-order valence-corrected chi connectivity index (χ3v) is 6.64. The predicted octanol–water partition coefficient (Wildman–Crippen LogP) is 2.45. The van der Waals surface area contributed by atoms with E-state index in [2.05, 4.69) is 10.2 Å². The lowest BCUT2D eigenvalue weighted by atomic mass is 9.63. The van der Waals surface area contributed by atoms with E-state index < -0.39 is 0 Å². The molecule has 4 aliphatic rings. The number of amides is 1. The van der Waals surface area contributed by atoms with Gasteiger partial charge in [-0.3, -0.25) is 9.69 Å². The second kappa shape index (κ2) is 4.21. The molecule has 1 unspecified atom stereocenters. The van der Waals surface area contributed by atoms with Crippen molar-refractivity contribution in [1.82, 2.24) is 10.2 Å². The van der Waals surface area contributed by atoms with Crippen molar-refractivity contribution in [2.75, 3.05) is 13.1 Å². The van der Waals surface area contributed by atoms with Gasteiger partial charge in [0.2, 0.25) is 5.91 Å². The van der Waals surface area contributed by atoms with Crippen LogP contribution in [0, 0.1) is 5.41 Å². The number of carbonyl (C=O) groups is 1. The molecule has 0 bridgehead atoms. The smallest absolute Gasteiger partial charge is 0.240 e. The summed E-state index contributed by atoms with van der Waals surface area (Å²) in [5, 5.41) is 3.47. The van der Waals surface area contributed by atoms with Crippen molar-refractivity contribution in [3.05, 3.63) is 0 Å². The molecular weight excluding hydrogens is 236 g/mol. The number of nitrogens with one attached hydrogen (secondary N) is 1. The van der Waals surface area contributed by atoms with Gasteiger partial charge >= 0.3 is 0 Å². The Morgan fingerprint density at radius 3 is 2.21 bits per heavy atom. The van der Waals surface area contributed by atoms with Crippen LogP contribution in [0.15, 0.2) is 0 Å². The molecular formula is C16H26N2O. The van der Waals surface area contributed by atoms with Crippen LogP contribution < -0.4 is 5.32 Å². The van der Waals surface area contributed by atoms with Gasteiger partial charge in [-0.2, -0.15) is 0 Å². The number of carbonyl (C=O) groups excluding carboxylic acids is 1. The first-order valence-corrected chi connectivity index (χ1v) is 8.31. The highest BCUT2D eigenvalue weighted by Gasteiger charge is 2.54. The van der Waals surface area contributed by atoms with Gasteiger partial charge in [-0.1, -0.05) is 12.8 Å². The standard InChI is InChI=1S/C16H26N2O/c19-14(16-8-3-11-18(16)12-4-9-16)17-13-5-10-15(13)6-1-2-7-15/h13H,1-12H2,(H,17,19). The van der Waals surface area contributed by atoms with Crippen LogP contribution in [-0.4, -0.2) is 35.5 Å². The summed E-state index contributed by atoms with van der Waals surface area (Å²) in [6, 6.07) is 0.500. The van der Waals surface area contributed by atoms with Gasteiger partial charge < -0.3 is 5.32 Å². The zero-order chi connectivity index (χ0) is 12.9. The Morgan fingerprint density at radius 1 is 0.947 bits per heavy atom. The van der Waals surface area contributed by atoms with Crippen LogP contribution in [0.1, 0.15) is 64.2 Å². The molecule has 0 aromatic rings. The summed E-state index contributed by atoms with van der Waals surface area (Å²) in [6.07, 6.45) is 12.7. The van der Waals surface area contributed by atoms with Crippen molar-refractivity contribution < 1.29 is 4.79 Å². The fraction of sp³-hybridized carbons (Fsp3) is 0.938. The highest BCUT2D eigenvalue weighted by Crippen LogP contribution is 2.53. The maximum atomic E-state index is 12.8. The number of hydrogen-bond acceptors (Lipinski definition) is 2. The van der Waals surface area contributed by atoms with Gasteiger partial charge in [-0.25, -0.2) is 0 Å². The maximum absolute atomic E-state index is 12.8. The van der Waals surface area contributed by atoms with E-state index in [9.17, 15) is 4.79 Å². The lowest BCUT2D eigenvalue weighted by Crippen LogP contribution is -2.60. The zero-order valence-corrected chi connectivity index (χ0v) is 11.9. The summed E-state index contributed by atoms with van der Waals surface area (Å²) >= 11 is 0. The first-order chi connectivity index (χ1) is 9.25. The van der Waals surface area contributed by atoms with E-state index in [0.717, 1.165) is 25.9 Å². The molecule has 0 radical (unpaired) electrons. The quantitative estimate of drug-likeness (QED) is 0.829. The molecule has 4 rings (SSSR count). The number of hydrogen-bond donors (Lipinski definition) is 1. The molecule has 2 heterocycles. The van der Waals surface area contributed by atoms with Gasteiger partial charge in [0, 0.05) is 6.04 Å². The number of rotatable bonds is 2. The molecule has 2 aliphatic heterocycles.